The highest BCUT2D eigenvalue weighted by Crippen LogP contribution is 2.09. The van der Waals surface area contributed by atoms with E-state index in [0.29, 0.717) is 6.54 Å². The maximum absolute atomic E-state index is 5.53. The summed E-state index contributed by atoms with van der Waals surface area (Å²) in [5, 5.41) is 8.62. The zero-order valence-corrected chi connectivity index (χ0v) is 8.94. The van der Waals surface area contributed by atoms with Crippen molar-refractivity contribution in [3.8, 4) is 5.69 Å². The van der Waals surface area contributed by atoms with E-state index >= 15 is 0 Å². The van der Waals surface area contributed by atoms with Crippen LogP contribution in [0.4, 0.5) is 0 Å². The van der Waals surface area contributed by atoms with Gasteiger partial charge in [0.25, 0.3) is 0 Å². The topological polar surface area (TPSA) is 56.7 Å². The zero-order valence-electron chi connectivity index (χ0n) is 8.94. The number of aromatic nitrogens is 3. The monoisotopic (exact) mass is 202 g/mol. The molecule has 2 aromatic rings. The Morgan fingerprint density at radius 3 is 2.07 bits per heavy atom. The van der Waals surface area contributed by atoms with Crippen molar-refractivity contribution in [3.05, 3.63) is 41.2 Å². The molecule has 0 fully saturated rings. The average molecular weight is 202 g/mol. The van der Waals surface area contributed by atoms with Crippen molar-refractivity contribution >= 4 is 0 Å². The summed E-state index contributed by atoms with van der Waals surface area (Å²) in [5.41, 5.74) is 9.51. The normalized spacial score (nSPS) is 10.6. The number of nitrogens with zero attached hydrogens (tertiary/aromatic N) is 3. The third-order valence-corrected chi connectivity index (χ3v) is 2.42. The molecule has 4 nitrogen and oxygen atoms in total. The Bertz CT molecular complexity index is 436. The van der Waals surface area contributed by atoms with E-state index in [4.69, 9.17) is 5.73 Å². The van der Waals surface area contributed by atoms with E-state index in [1.165, 1.54) is 0 Å². The lowest BCUT2D eigenvalue weighted by Crippen LogP contribution is -2.00. The summed E-state index contributed by atoms with van der Waals surface area (Å²) >= 11 is 0. The lowest BCUT2D eigenvalue weighted by molar-refractivity contribution is 0.740. The summed E-state index contributed by atoms with van der Waals surface area (Å²) in [6, 6.07) is 7.93. The van der Waals surface area contributed by atoms with Crippen LogP contribution in [0.3, 0.4) is 0 Å². The lowest BCUT2D eigenvalue weighted by Gasteiger charge is -2.00. The van der Waals surface area contributed by atoms with Crippen LogP contribution in [0.5, 0.6) is 0 Å². The Hall–Kier alpha value is -1.68. The number of nitrogens with two attached hydrogens (primary N) is 1. The van der Waals surface area contributed by atoms with Crippen molar-refractivity contribution in [2.24, 2.45) is 5.73 Å². The van der Waals surface area contributed by atoms with Crippen molar-refractivity contribution in [3.63, 3.8) is 0 Å². The van der Waals surface area contributed by atoms with Gasteiger partial charge in [-0.15, -0.1) is 0 Å². The minimum atomic E-state index is 0.560. The second-order valence-electron chi connectivity index (χ2n) is 3.53. The molecule has 78 valence electrons. The molecule has 2 rings (SSSR count). The molecule has 0 amide bonds. The van der Waals surface area contributed by atoms with Gasteiger partial charge < -0.3 is 5.73 Å². The first kappa shape index (κ1) is 9.86. The smallest absolute Gasteiger partial charge is 0.0857 e. The molecule has 15 heavy (non-hydrogen) atoms. The van der Waals surface area contributed by atoms with Crippen LogP contribution in [0.2, 0.25) is 0 Å². The number of hydrogen-bond acceptors (Lipinski definition) is 3. The number of rotatable bonds is 2. The Balaban J connectivity index is 2.37. The molecule has 0 spiro atoms. The lowest BCUT2D eigenvalue weighted by atomic mass is 10.2. The minimum Gasteiger partial charge on any atom is -0.326 e. The van der Waals surface area contributed by atoms with Crippen LogP contribution < -0.4 is 5.73 Å². The Labute approximate surface area is 88.7 Å². The maximum atomic E-state index is 5.53. The van der Waals surface area contributed by atoms with E-state index in [1.807, 2.05) is 38.1 Å². The highest BCUT2D eigenvalue weighted by molar-refractivity contribution is 5.33. The molecular weight excluding hydrogens is 188 g/mol. The summed E-state index contributed by atoms with van der Waals surface area (Å²) in [6.45, 7) is 4.46. The van der Waals surface area contributed by atoms with Crippen LogP contribution >= 0.6 is 0 Å². The van der Waals surface area contributed by atoms with E-state index in [0.717, 1.165) is 22.6 Å². The molecule has 2 N–H and O–H groups in total. The van der Waals surface area contributed by atoms with Gasteiger partial charge in [0.05, 0.1) is 17.1 Å². The SMILES string of the molecule is Cc1nn(-c2ccc(CN)cc2)nc1C. The highest BCUT2D eigenvalue weighted by atomic mass is 15.5. The van der Waals surface area contributed by atoms with Gasteiger partial charge in [-0.3, -0.25) is 0 Å². The summed E-state index contributed by atoms with van der Waals surface area (Å²) < 4.78 is 0. The molecule has 1 aromatic heterocycles. The van der Waals surface area contributed by atoms with Gasteiger partial charge >= 0.3 is 0 Å². The van der Waals surface area contributed by atoms with E-state index in [-0.39, 0.29) is 0 Å². The summed E-state index contributed by atoms with van der Waals surface area (Å²) in [5.74, 6) is 0. The fraction of sp³-hybridized carbons (Fsp3) is 0.273. The predicted octanol–water partition coefficient (Wildman–Crippen LogP) is 1.34. The van der Waals surface area contributed by atoms with Crippen molar-refractivity contribution < 1.29 is 0 Å². The summed E-state index contributed by atoms with van der Waals surface area (Å²) in [4.78, 5) is 1.64. The minimum absolute atomic E-state index is 0.560. The van der Waals surface area contributed by atoms with Gasteiger partial charge in [0, 0.05) is 6.54 Å². The quantitative estimate of drug-likeness (QED) is 0.799. The van der Waals surface area contributed by atoms with E-state index in [1.54, 1.807) is 4.80 Å². The fourth-order valence-corrected chi connectivity index (χ4v) is 1.33. The first-order valence-corrected chi connectivity index (χ1v) is 4.90. The molecule has 0 radical (unpaired) electrons. The number of hydrogen-bond donors (Lipinski definition) is 1. The second kappa shape index (κ2) is 3.82. The number of benzene rings is 1. The molecule has 0 aliphatic rings. The molecule has 0 aliphatic carbocycles. The first-order chi connectivity index (χ1) is 7.20. The van der Waals surface area contributed by atoms with Crippen LogP contribution in [-0.2, 0) is 6.54 Å². The van der Waals surface area contributed by atoms with Crippen molar-refractivity contribution in [2.45, 2.75) is 20.4 Å². The van der Waals surface area contributed by atoms with Gasteiger partial charge in [-0.1, -0.05) is 12.1 Å². The third kappa shape index (κ3) is 1.89. The fourth-order valence-electron chi connectivity index (χ4n) is 1.33. The first-order valence-electron chi connectivity index (χ1n) is 4.90. The van der Waals surface area contributed by atoms with Gasteiger partial charge in [0.2, 0.25) is 0 Å². The molecule has 0 aliphatic heterocycles. The molecule has 0 atom stereocenters. The Morgan fingerprint density at radius 2 is 1.60 bits per heavy atom. The van der Waals surface area contributed by atoms with Crippen molar-refractivity contribution in [1.82, 2.24) is 15.0 Å². The van der Waals surface area contributed by atoms with Crippen LogP contribution in [0.25, 0.3) is 5.69 Å². The molecule has 0 saturated carbocycles. The standard InChI is InChI=1S/C11H14N4/c1-8-9(2)14-15(13-8)11-5-3-10(7-12)4-6-11/h3-6H,7,12H2,1-2H3. The molecular formula is C11H14N4. The van der Waals surface area contributed by atoms with Gasteiger partial charge in [-0.05, 0) is 31.5 Å². The number of aryl methyl sites for hydroxylation is 2. The second-order valence-corrected chi connectivity index (χ2v) is 3.53. The van der Waals surface area contributed by atoms with E-state index in [9.17, 15) is 0 Å². The summed E-state index contributed by atoms with van der Waals surface area (Å²) in [7, 11) is 0. The van der Waals surface area contributed by atoms with Crippen LogP contribution in [-0.4, -0.2) is 15.0 Å². The highest BCUT2D eigenvalue weighted by Gasteiger charge is 2.03. The third-order valence-electron chi connectivity index (χ3n) is 2.42. The Morgan fingerprint density at radius 1 is 1.07 bits per heavy atom. The van der Waals surface area contributed by atoms with Crippen molar-refractivity contribution in [1.29, 1.82) is 0 Å². The predicted molar refractivity (Wildman–Crippen MR) is 58.7 cm³/mol. The van der Waals surface area contributed by atoms with Crippen LogP contribution in [0, 0.1) is 13.8 Å². The zero-order chi connectivity index (χ0) is 10.8. The molecule has 0 bridgehead atoms. The maximum Gasteiger partial charge on any atom is 0.0857 e. The summed E-state index contributed by atoms with van der Waals surface area (Å²) in [6.07, 6.45) is 0. The van der Waals surface area contributed by atoms with Crippen LogP contribution in [0.15, 0.2) is 24.3 Å². The van der Waals surface area contributed by atoms with Crippen LogP contribution in [0.1, 0.15) is 17.0 Å². The largest absolute Gasteiger partial charge is 0.326 e. The molecule has 0 saturated heterocycles. The Kier molecular flexibility index (Phi) is 2.51. The van der Waals surface area contributed by atoms with Gasteiger partial charge in [-0.25, -0.2) is 0 Å². The van der Waals surface area contributed by atoms with Gasteiger partial charge in [-0.2, -0.15) is 15.0 Å². The van der Waals surface area contributed by atoms with Gasteiger partial charge in [0.1, 0.15) is 0 Å². The van der Waals surface area contributed by atoms with Crippen molar-refractivity contribution in [2.75, 3.05) is 0 Å². The van der Waals surface area contributed by atoms with Gasteiger partial charge in [0.15, 0.2) is 0 Å². The van der Waals surface area contributed by atoms with E-state index < -0.39 is 0 Å². The van der Waals surface area contributed by atoms with E-state index in [2.05, 4.69) is 10.2 Å². The molecule has 1 aromatic carbocycles. The average Bonchev–Trinajstić information content (AvgIpc) is 2.59. The molecule has 1 heterocycles. The molecule has 4 heteroatoms. The molecule has 0 unspecified atom stereocenters.